The van der Waals surface area contributed by atoms with Gasteiger partial charge in [0.2, 0.25) is 0 Å². The summed E-state index contributed by atoms with van der Waals surface area (Å²) in [5, 5.41) is 7.64. The number of hydrogen-bond donors (Lipinski definition) is 0. The average molecular weight is 644 g/mol. The molecule has 2 aliphatic rings. The molecule has 8 aromatic carbocycles. The maximum Gasteiger partial charge on any atom is 0.131 e. The van der Waals surface area contributed by atoms with Gasteiger partial charge in [-0.1, -0.05) is 131 Å². The van der Waals surface area contributed by atoms with Gasteiger partial charge in [-0.3, -0.25) is 0 Å². The minimum atomic E-state index is -0.230. The molecule has 0 saturated heterocycles. The Kier molecular flexibility index (Phi) is 6.01. The van der Waals surface area contributed by atoms with Gasteiger partial charge in [-0.05, 0) is 103 Å². The molecule has 240 valence electrons. The molecule has 0 aromatic heterocycles. The van der Waals surface area contributed by atoms with E-state index in [4.69, 9.17) is 4.74 Å². The predicted octanol–water partition coefficient (Wildman–Crippen LogP) is 13.4. The summed E-state index contributed by atoms with van der Waals surface area (Å²) in [6.07, 6.45) is 0. The summed E-state index contributed by atoms with van der Waals surface area (Å²) in [6.45, 7) is 9.33. The van der Waals surface area contributed by atoms with E-state index >= 15 is 0 Å². The van der Waals surface area contributed by atoms with Crippen molar-refractivity contribution < 1.29 is 4.74 Å². The van der Waals surface area contributed by atoms with Crippen LogP contribution in [0.2, 0.25) is 0 Å². The van der Waals surface area contributed by atoms with Crippen molar-refractivity contribution >= 4 is 49.4 Å². The summed E-state index contributed by atoms with van der Waals surface area (Å²) < 4.78 is 6.51. The smallest absolute Gasteiger partial charge is 0.131 e. The van der Waals surface area contributed by atoms with Crippen LogP contribution in [0.4, 0.5) is 17.1 Å². The van der Waals surface area contributed by atoms with Crippen LogP contribution >= 0.6 is 0 Å². The van der Waals surface area contributed by atoms with Crippen LogP contribution in [0.3, 0.4) is 0 Å². The number of nitrogens with zero attached hydrogens (tertiary/aromatic N) is 1. The topological polar surface area (TPSA) is 12.5 Å². The molecule has 0 saturated carbocycles. The number of benzene rings is 8. The minimum absolute atomic E-state index is 0.110. The van der Waals surface area contributed by atoms with Gasteiger partial charge in [-0.2, -0.15) is 0 Å². The summed E-state index contributed by atoms with van der Waals surface area (Å²) >= 11 is 0. The molecule has 0 unspecified atom stereocenters. The number of anilines is 3. The van der Waals surface area contributed by atoms with Crippen molar-refractivity contribution in [1.29, 1.82) is 0 Å². The van der Waals surface area contributed by atoms with Gasteiger partial charge in [-0.25, -0.2) is 0 Å². The molecule has 0 fully saturated rings. The normalized spacial score (nSPS) is 14.9. The van der Waals surface area contributed by atoms with Gasteiger partial charge in [0.25, 0.3) is 0 Å². The number of hydrogen-bond acceptors (Lipinski definition) is 2. The van der Waals surface area contributed by atoms with Crippen LogP contribution in [0.15, 0.2) is 152 Å². The summed E-state index contributed by atoms with van der Waals surface area (Å²) in [6, 6.07) is 55.7. The van der Waals surface area contributed by atoms with E-state index in [2.05, 4.69) is 184 Å². The Hall–Kier alpha value is -5.86. The Balaban J connectivity index is 1.23. The van der Waals surface area contributed by atoms with Crippen molar-refractivity contribution in [2.45, 2.75) is 38.5 Å². The number of rotatable bonds is 3. The molecule has 0 spiro atoms. The first kappa shape index (κ1) is 29.1. The van der Waals surface area contributed by atoms with Crippen molar-refractivity contribution in [3.63, 3.8) is 0 Å². The average Bonchev–Trinajstić information content (AvgIpc) is 3.38. The lowest BCUT2D eigenvalue weighted by molar-refractivity contribution is 0.418. The molecule has 0 bridgehead atoms. The zero-order valence-corrected chi connectivity index (χ0v) is 28.8. The van der Waals surface area contributed by atoms with E-state index < -0.39 is 0 Å². The van der Waals surface area contributed by atoms with Crippen molar-refractivity contribution in [3.05, 3.63) is 174 Å². The van der Waals surface area contributed by atoms with Gasteiger partial charge in [0.05, 0.1) is 0 Å². The molecular weight excluding hydrogens is 607 g/mol. The first-order valence-corrected chi connectivity index (χ1v) is 17.6. The van der Waals surface area contributed by atoms with E-state index in [9.17, 15) is 0 Å². The Morgan fingerprint density at radius 2 is 0.820 bits per heavy atom. The Morgan fingerprint density at radius 3 is 1.54 bits per heavy atom. The van der Waals surface area contributed by atoms with Crippen LogP contribution in [0.5, 0.6) is 11.5 Å². The summed E-state index contributed by atoms with van der Waals surface area (Å²) in [5.74, 6) is 1.85. The standard InChI is InChI=1S/C48H37NO/c1-47(2)41-18-10-9-17-38(41)39-25-22-31(28-43(39)47)49(32-23-26-46-44(29-32)48(3,4)42-19-11-12-20-45(42)50-46)30-21-24-37-35-15-6-5-13-33(35)34-14-7-8-16-36(34)40(37)27-30/h5-29H,1-4H3. The second-order valence-electron chi connectivity index (χ2n) is 15.0. The van der Waals surface area contributed by atoms with Crippen LogP contribution in [0.25, 0.3) is 43.4 Å². The van der Waals surface area contributed by atoms with E-state index in [1.165, 1.54) is 65.7 Å². The van der Waals surface area contributed by atoms with Gasteiger partial charge < -0.3 is 9.64 Å². The third-order valence-corrected chi connectivity index (χ3v) is 11.5. The molecule has 0 amide bonds. The highest BCUT2D eigenvalue weighted by Crippen LogP contribution is 2.53. The number of fused-ring (bicyclic) bond motifs is 11. The molecule has 1 aliphatic heterocycles. The quantitative estimate of drug-likeness (QED) is 0.178. The maximum absolute atomic E-state index is 6.51. The lowest BCUT2D eigenvalue weighted by Gasteiger charge is -2.36. The van der Waals surface area contributed by atoms with Gasteiger partial charge >= 0.3 is 0 Å². The lowest BCUT2D eigenvalue weighted by atomic mass is 9.75. The molecule has 1 heterocycles. The van der Waals surface area contributed by atoms with E-state index in [-0.39, 0.29) is 10.8 Å². The second kappa shape index (κ2) is 10.3. The molecule has 0 N–H and O–H groups in total. The van der Waals surface area contributed by atoms with E-state index in [0.29, 0.717) is 0 Å². The van der Waals surface area contributed by atoms with Crippen molar-refractivity contribution in [3.8, 4) is 22.6 Å². The molecular formula is C48H37NO. The molecule has 0 radical (unpaired) electrons. The SMILES string of the molecule is CC1(C)c2ccccc2Oc2ccc(N(c3ccc4c(c3)C(C)(C)c3ccccc3-4)c3ccc4c5ccccc5c5ccccc5c4c3)cc21. The van der Waals surface area contributed by atoms with Crippen molar-refractivity contribution in [1.82, 2.24) is 0 Å². The molecule has 50 heavy (non-hydrogen) atoms. The van der Waals surface area contributed by atoms with Crippen LogP contribution in [0, 0.1) is 0 Å². The van der Waals surface area contributed by atoms with Crippen molar-refractivity contribution in [2.75, 3.05) is 4.90 Å². The zero-order valence-electron chi connectivity index (χ0n) is 28.8. The predicted molar refractivity (Wildman–Crippen MR) is 210 cm³/mol. The van der Waals surface area contributed by atoms with Gasteiger partial charge in [0, 0.05) is 39.0 Å². The van der Waals surface area contributed by atoms with Crippen LogP contribution < -0.4 is 9.64 Å². The largest absolute Gasteiger partial charge is 0.457 e. The Morgan fingerprint density at radius 1 is 0.360 bits per heavy atom. The van der Waals surface area contributed by atoms with Crippen LogP contribution in [0.1, 0.15) is 49.9 Å². The highest BCUT2D eigenvalue weighted by atomic mass is 16.5. The van der Waals surface area contributed by atoms with E-state index in [1.807, 2.05) is 0 Å². The van der Waals surface area contributed by atoms with Gasteiger partial charge in [0.15, 0.2) is 0 Å². The Labute approximate surface area is 293 Å². The third kappa shape index (κ3) is 4.02. The highest BCUT2D eigenvalue weighted by Gasteiger charge is 2.37. The first-order chi connectivity index (χ1) is 24.3. The molecule has 0 atom stereocenters. The third-order valence-electron chi connectivity index (χ3n) is 11.5. The van der Waals surface area contributed by atoms with Gasteiger partial charge in [0.1, 0.15) is 11.5 Å². The number of ether oxygens (including phenoxy) is 1. The second-order valence-corrected chi connectivity index (χ2v) is 15.0. The van der Waals surface area contributed by atoms with Crippen molar-refractivity contribution in [2.24, 2.45) is 0 Å². The molecule has 8 aromatic rings. The van der Waals surface area contributed by atoms with E-state index in [0.717, 1.165) is 28.6 Å². The van der Waals surface area contributed by atoms with Crippen LogP contribution in [-0.4, -0.2) is 0 Å². The lowest BCUT2D eigenvalue weighted by Crippen LogP contribution is -2.25. The maximum atomic E-state index is 6.51. The van der Waals surface area contributed by atoms with Crippen LogP contribution in [-0.2, 0) is 10.8 Å². The minimum Gasteiger partial charge on any atom is -0.457 e. The summed E-state index contributed by atoms with van der Waals surface area (Å²) in [4.78, 5) is 2.44. The fraction of sp³-hybridized carbons (Fsp3) is 0.125. The Bertz CT molecular complexity index is 2660. The molecule has 2 heteroatoms. The summed E-state index contributed by atoms with van der Waals surface area (Å²) in [7, 11) is 0. The van der Waals surface area contributed by atoms with E-state index in [1.54, 1.807) is 0 Å². The number of para-hydroxylation sites is 1. The molecule has 1 aliphatic carbocycles. The highest BCUT2D eigenvalue weighted by molar-refractivity contribution is 6.25. The van der Waals surface area contributed by atoms with Gasteiger partial charge in [-0.15, -0.1) is 0 Å². The first-order valence-electron chi connectivity index (χ1n) is 17.6. The zero-order chi connectivity index (χ0) is 33.8. The summed E-state index contributed by atoms with van der Waals surface area (Å²) in [5.41, 5.74) is 10.8. The fourth-order valence-electron chi connectivity index (χ4n) is 8.88. The fourth-order valence-corrected chi connectivity index (χ4v) is 8.88. The molecule has 10 rings (SSSR count). The monoisotopic (exact) mass is 643 g/mol. The molecule has 2 nitrogen and oxygen atoms in total.